The van der Waals surface area contributed by atoms with Gasteiger partial charge >= 0.3 is 5.97 Å². The molecule has 13 heavy (non-hydrogen) atoms. The molecule has 4 nitrogen and oxygen atoms in total. The molecule has 0 aliphatic carbocycles. The van der Waals surface area contributed by atoms with Crippen molar-refractivity contribution in [2.75, 3.05) is 19.6 Å². The fourth-order valence-corrected chi connectivity index (χ4v) is 2.55. The number of aliphatic carboxylic acids is 1. The van der Waals surface area contributed by atoms with Crippen LogP contribution < -0.4 is 0 Å². The summed E-state index contributed by atoms with van der Waals surface area (Å²) in [6.45, 7) is 2.92. The molecule has 0 aromatic carbocycles. The van der Waals surface area contributed by atoms with Crippen LogP contribution in [0.1, 0.15) is 12.8 Å². The Kier molecular flexibility index (Phi) is 2.26. The Morgan fingerprint density at radius 2 is 2.00 bits per heavy atom. The lowest BCUT2D eigenvalue weighted by molar-refractivity contribution is -0.154. The van der Waals surface area contributed by atoms with Gasteiger partial charge in [0.15, 0.2) is 6.10 Å². The van der Waals surface area contributed by atoms with E-state index in [4.69, 9.17) is 5.11 Å². The highest BCUT2D eigenvalue weighted by Crippen LogP contribution is 2.34. The second kappa shape index (κ2) is 3.27. The first-order valence-corrected chi connectivity index (χ1v) is 4.81. The van der Waals surface area contributed by atoms with Crippen LogP contribution in [0.2, 0.25) is 0 Å². The van der Waals surface area contributed by atoms with Crippen molar-refractivity contribution in [2.24, 2.45) is 11.8 Å². The molecule has 3 fully saturated rings. The van der Waals surface area contributed by atoms with E-state index in [2.05, 4.69) is 4.90 Å². The topological polar surface area (TPSA) is 60.8 Å². The van der Waals surface area contributed by atoms with E-state index < -0.39 is 12.1 Å². The Morgan fingerprint density at radius 3 is 2.38 bits per heavy atom. The van der Waals surface area contributed by atoms with E-state index in [-0.39, 0.29) is 5.92 Å². The molecule has 3 heterocycles. The second-order valence-electron chi connectivity index (χ2n) is 4.08. The smallest absolute Gasteiger partial charge is 0.332 e. The van der Waals surface area contributed by atoms with E-state index in [1.807, 2.05) is 0 Å². The lowest BCUT2D eigenvalue weighted by Crippen LogP contribution is -2.52. The van der Waals surface area contributed by atoms with Crippen LogP contribution in [0.3, 0.4) is 0 Å². The summed E-state index contributed by atoms with van der Waals surface area (Å²) in [6.07, 6.45) is 0.942. The third kappa shape index (κ3) is 1.56. The zero-order chi connectivity index (χ0) is 9.42. The molecular weight excluding hydrogens is 170 g/mol. The number of fused-ring (bicyclic) bond motifs is 3. The molecule has 2 atom stereocenters. The minimum Gasteiger partial charge on any atom is -0.479 e. The number of aliphatic hydroxyl groups excluding tert-OH is 1. The molecule has 0 aromatic heterocycles. The van der Waals surface area contributed by atoms with E-state index >= 15 is 0 Å². The van der Waals surface area contributed by atoms with Crippen molar-refractivity contribution in [3.05, 3.63) is 0 Å². The van der Waals surface area contributed by atoms with E-state index in [1.165, 1.54) is 0 Å². The summed E-state index contributed by atoms with van der Waals surface area (Å²) in [5.74, 6) is -0.685. The number of rotatable bonds is 2. The molecule has 0 saturated carbocycles. The summed E-state index contributed by atoms with van der Waals surface area (Å²) < 4.78 is 0. The molecule has 4 heteroatoms. The molecule has 0 aromatic rings. The molecule has 74 valence electrons. The summed E-state index contributed by atoms with van der Waals surface area (Å²) in [6, 6.07) is 0. The molecule has 0 spiro atoms. The minimum atomic E-state index is -1.16. The average Bonchev–Trinajstić information content (AvgIpc) is 2.18. The van der Waals surface area contributed by atoms with Gasteiger partial charge in [-0.3, -0.25) is 0 Å². The number of nitrogens with zero attached hydrogens (tertiary/aromatic N) is 1. The summed E-state index contributed by atoms with van der Waals surface area (Å²) in [5.41, 5.74) is 0. The highest BCUT2D eigenvalue weighted by molar-refractivity contribution is 5.72. The second-order valence-corrected chi connectivity index (χ2v) is 4.08. The summed E-state index contributed by atoms with van der Waals surface area (Å²) >= 11 is 0. The fraction of sp³-hybridized carbons (Fsp3) is 0.889. The molecule has 3 aliphatic rings. The van der Waals surface area contributed by atoms with Gasteiger partial charge in [-0.15, -0.1) is 0 Å². The number of aliphatic hydroxyl groups is 1. The SMILES string of the molecule is O=C(O)C(O)C1CN2CCC1CC2. The number of hydrogen-bond acceptors (Lipinski definition) is 3. The van der Waals surface area contributed by atoms with Crippen LogP contribution in [-0.4, -0.2) is 46.8 Å². The van der Waals surface area contributed by atoms with Gasteiger partial charge in [-0.1, -0.05) is 0 Å². The largest absolute Gasteiger partial charge is 0.479 e. The van der Waals surface area contributed by atoms with Gasteiger partial charge in [0.1, 0.15) is 0 Å². The van der Waals surface area contributed by atoms with Crippen LogP contribution in [0.15, 0.2) is 0 Å². The molecule has 3 aliphatic heterocycles. The van der Waals surface area contributed by atoms with Gasteiger partial charge in [0.25, 0.3) is 0 Å². The highest BCUT2D eigenvalue weighted by Gasteiger charge is 2.40. The van der Waals surface area contributed by atoms with Crippen molar-refractivity contribution in [1.82, 2.24) is 4.90 Å². The number of carboxylic acids is 1. The molecule has 3 saturated heterocycles. The predicted octanol–water partition coefficient (Wildman–Crippen LogP) is -0.226. The Bertz CT molecular complexity index is 211. The minimum absolute atomic E-state index is 0.0417. The average molecular weight is 185 g/mol. The summed E-state index contributed by atoms with van der Waals surface area (Å²) in [4.78, 5) is 12.9. The van der Waals surface area contributed by atoms with Crippen LogP contribution in [0.4, 0.5) is 0 Å². The quantitative estimate of drug-likeness (QED) is 0.624. The Morgan fingerprint density at radius 1 is 1.38 bits per heavy atom. The maximum Gasteiger partial charge on any atom is 0.332 e. The highest BCUT2D eigenvalue weighted by atomic mass is 16.4. The van der Waals surface area contributed by atoms with Crippen molar-refractivity contribution in [1.29, 1.82) is 0 Å². The van der Waals surface area contributed by atoms with Crippen molar-refractivity contribution < 1.29 is 15.0 Å². The van der Waals surface area contributed by atoms with Gasteiger partial charge in [0, 0.05) is 12.5 Å². The van der Waals surface area contributed by atoms with E-state index in [0.29, 0.717) is 5.92 Å². The molecule has 3 rings (SSSR count). The van der Waals surface area contributed by atoms with Gasteiger partial charge < -0.3 is 15.1 Å². The monoisotopic (exact) mass is 185 g/mol. The zero-order valence-corrected chi connectivity index (χ0v) is 7.52. The Balaban J connectivity index is 2.04. The van der Waals surface area contributed by atoms with Crippen LogP contribution in [-0.2, 0) is 4.79 Å². The molecule has 0 amide bonds. The third-order valence-electron chi connectivity index (χ3n) is 3.37. The van der Waals surface area contributed by atoms with E-state index in [0.717, 1.165) is 32.5 Å². The normalized spacial score (nSPS) is 40.2. The lowest BCUT2D eigenvalue weighted by Gasteiger charge is -2.45. The van der Waals surface area contributed by atoms with E-state index in [9.17, 15) is 9.90 Å². The number of hydrogen-bond donors (Lipinski definition) is 2. The summed E-state index contributed by atoms with van der Waals surface area (Å²) in [7, 11) is 0. The Labute approximate surface area is 77.2 Å². The van der Waals surface area contributed by atoms with Crippen LogP contribution in [0, 0.1) is 11.8 Å². The maximum atomic E-state index is 10.6. The molecule has 2 bridgehead atoms. The number of piperidine rings is 3. The van der Waals surface area contributed by atoms with Gasteiger partial charge in [0.2, 0.25) is 0 Å². The van der Waals surface area contributed by atoms with Crippen molar-refractivity contribution >= 4 is 5.97 Å². The summed E-state index contributed by atoms with van der Waals surface area (Å²) in [5, 5.41) is 18.1. The fourth-order valence-electron chi connectivity index (χ4n) is 2.55. The van der Waals surface area contributed by atoms with Gasteiger partial charge in [-0.2, -0.15) is 0 Å². The van der Waals surface area contributed by atoms with Gasteiger partial charge in [0.05, 0.1) is 0 Å². The third-order valence-corrected chi connectivity index (χ3v) is 3.37. The van der Waals surface area contributed by atoms with Crippen LogP contribution in [0.5, 0.6) is 0 Å². The van der Waals surface area contributed by atoms with Crippen molar-refractivity contribution in [2.45, 2.75) is 18.9 Å². The van der Waals surface area contributed by atoms with E-state index in [1.54, 1.807) is 0 Å². The first-order valence-electron chi connectivity index (χ1n) is 4.81. The molecule has 2 unspecified atom stereocenters. The number of carbonyl (C=O) groups is 1. The molecular formula is C9H15NO3. The van der Waals surface area contributed by atoms with Gasteiger partial charge in [-0.25, -0.2) is 4.79 Å². The van der Waals surface area contributed by atoms with Gasteiger partial charge in [-0.05, 0) is 31.8 Å². The number of carboxylic acid groups (broad SMARTS) is 1. The van der Waals surface area contributed by atoms with Crippen molar-refractivity contribution in [3.8, 4) is 0 Å². The lowest BCUT2D eigenvalue weighted by atomic mass is 9.76. The predicted molar refractivity (Wildman–Crippen MR) is 46.3 cm³/mol. The molecule has 0 radical (unpaired) electrons. The molecule has 2 N–H and O–H groups in total. The van der Waals surface area contributed by atoms with Crippen LogP contribution in [0.25, 0.3) is 0 Å². The Hall–Kier alpha value is -0.610. The maximum absolute atomic E-state index is 10.6. The van der Waals surface area contributed by atoms with Crippen molar-refractivity contribution in [3.63, 3.8) is 0 Å². The van der Waals surface area contributed by atoms with Crippen LogP contribution >= 0.6 is 0 Å². The zero-order valence-electron chi connectivity index (χ0n) is 7.52. The standard InChI is InChI=1S/C9H15NO3/c11-8(9(12)13)7-5-10-3-1-6(7)2-4-10/h6-8,11H,1-5H2,(H,12,13). The first kappa shape index (κ1) is 8.97. The first-order chi connectivity index (χ1) is 6.18.